The molecular formula is C18H18FN3O2. The second-order valence-electron chi connectivity index (χ2n) is 5.91. The molecule has 0 bridgehead atoms. The highest BCUT2D eigenvalue weighted by atomic mass is 19.1. The van der Waals surface area contributed by atoms with E-state index in [1.54, 1.807) is 6.92 Å². The number of carbonyl (C=O) groups is 2. The first-order chi connectivity index (χ1) is 11.4. The van der Waals surface area contributed by atoms with Gasteiger partial charge in [0.25, 0.3) is 11.8 Å². The molecule has 124 valence electrons. The van der Waals surface area contributed by atoms with Gasteiger partial charge in [0.1, 0.15) is 5.82 Å². The minimum Gasteiger partial charge on any atom is -0.320 e. The first-order valence-electron chi connectivity index (χ1n) is 7.69. The maximum Gasteiger partial charge on any atom is 0.255 e. The van der Waals surface area contributed by atoms with Gasteiger partial charge in [-0.3, -0.25) is 15.0 Å². The van der Waals surface area contributed by atoms with E-state index in [1.807, 2.05) is 24.3 Å². The lowest BCUT2D eigenvalue weighted by Crippen LogP contribution is -2.52. The van der Waals surface area contributed by atoms with Crippen molar-refractivity contribution in [3.8, 4) is 11.1 Å². The van der Waals surface area contributed by atoms with Crippen LogP contribution in [0.25, 0.3) is 11.1 Å². The third-order valence-corrected chi connectivity index (χ3v) is 4.14. The van der Waals surface area contributed by atoms with Gasteiger partial charge in [-0.2, -0.15) is 0 Å². The van der Waals surface area contributed by atoms with E-state index in [9.17, 15) is 14.0 Å². The van der Waals surface area contributed by atoms with Crippen molar-refractivity contribution < 1.29 is 14.0 Å². The van der Waals surface area contributed by atoms with Crippen LogP contribution in [0.5, 0.6) is 0 Å². The summed E-state index contributed by atoms with van der Waals surface area (Å²) in [6.45, 7) is 3.29. The zero-order chi connectivity index (χ0) is 17.4. The second kappa shape index (κ2) is 6.05. The van der Waals surface area contributed by atoms with Gasteiger partial charge < -0.3 is 5.73 Å². The Morgan fingerprint density at radius 2 is 1.96 bits per heavy atom. The molecule has 1 unspecified atom stereocenters. The third-order valence-electron chi connectivity index (χ3n) is 4.14. The Bertz CT molecular complexity index is 820. The van der Waals surface area contributed by atoms with E-state index in [2.05, 4.69) is 5.43 Å². The Morgan fingerprint density at radius 3 is 2.67 bits per heavy atom. The number of halogens is 1. The normalized spacial score (nSPS) is 17.6. The number of hydrazine groups is 1. The van der Waals surface area contributed by atoms with Crippen molar-refractivity contribution in [3.05, 3.63) is 53.8 Å². The van der Waals surface area contributed by atoms with Crippen LogP contribution in [0.4, 0.5) is 10.1 Å². The first-order valence-corrected chi connectivity index (χ1v) is 7.69. The summed E-state index contributed by atoms with van der Waals surface area (Å²) in [7, 11) is 0. The summed E-state index contributed by atoms with van der Waals surface area (Å²) in [5.74, 6) is -1.70. The van der Waals surface area contributed by atoms with E-state index in [0.717, 1.165) is 11.1 Å². The number of amides is 2. The molecule has 0 spiro atoms. The minimum atomic E-state index is -0.775. The van der Waals surface area contributed by atoms with Crippen LogP contribution in [-0.4, -0.2) is 17.9 Å². The summed E-state index contributed by atoms with van der Waals surface area (Å²) in [6, 6.07) is 10.7. The molecule has 0 aliphatic carbocycles. The van der Waals surface area contributed by atoms with Gasteiger partial charge >= 0.3 is 0 Å². The van der Waals surface area contributed by atoms with Crippen LogP contribution >= 0.6 is 0 Å². The van der Waals surface area contributed by atoms with E-state index in [-0.39, 0.29) is 5.91 Å². The van der Waals surface area contributed by atoms with Gasteiger partial charge in [0.15, 0.2) is 0 Å². The molecule has 1 heterocycles. The van der Waals surface area contributed by atoms with Crippen molar-refractivity contribution in [2.45, 2.75) is 25.8 Å². The smallest absolute Gasteiger partial charge is 0.255 e. The number of nitrogens with two attached hydrogens (primary N) is 1. The molecule has 2 aromatic carbocycles. The lowest BCUT2D eigenvalue weighted by atomic mass is 9.92. The van der Waals surface area contributed by atoms with Gasteiger partial charge in [0.2, 0.25) is 0 Å². The molecule has 0 radical (unpaired) electrons. The lowest BCUT2D eigenvalue weighted by molar-refractivity contribution is -0.127. The minimum absolute atomic E-state index is 0.304. The predicted octanol–water partition coefficient (Wildman–Crippen LogP) is 2.32. The fraction of sp³-hybridized carbons (Fsp3) is 0.222. The number of hydrogen-bond acceptors (Lipinski definition) is 3. The average molecular weight is 327 g/mol. The fourth-order valence-corrected chi connectivity index (χ4v) is 2.81. The molecule has 6 heteroatoms. The van der Waals surface area contributed by atoms with E-state index in [1.165, 1.54) is 30.1 Å². The highest BCUT2D eigenvalue weighted by molar-refractivity contribution is 6.06. The summed E-state index contributed by atoms with van der Waals surface area (Å²) in [4.78, 5) is 24.9. The zero-order valence-corrected chi connectivity index (χ0v) is 13.4. The third kappa shape index (κ3) is 2.65. The average Bonchev–Trinajstić information content (AvgIpc) is 2.65. The highest BCUT2D eigenvalue weighted by Crippen LogP contribution is 2.40. The molecule has 3 rings (SSSR count). The van der Waals surface area contributed by atoms with Crippen molar-refractivity contribution in [1.82, 2.24) is 5.43 Å². The van der Waals surface area contributed by atoms with Crippen LogP contribution in [0, 0.1) is 5.82 Å². The van der Waals surface area contributed by atoms with Crippen molar-refractivity contribution in [1.29, 1.82) is 0 Å². The molecule has 0 saturated carbocycles. The Labute approximate surface area is 139 Å². The van der Waals surface area contributed by atoms with Crippen LogP contribution in [0.15, 0.2) is 42.5 Å². The standard InChI is InChI=1S/C18H18FN3O2/c1-10-13-5-3-4-6-14(13)15-9-12(19)7-8-16(15)22(18(10)24)21-17(23)11(2)20/h3-11H,20H2,1-2H3,(H,21,23)/t10?,11-/m0/s1. The summed E-state index contributed by atoms with van der Waals surface area (Å²) < 4.78 is 13.8. The van der Waals surface area contributed by atoms with Crippen molar-refractivity contribution in [2.24, 2.45) is 5.73 Å². The summed E-state index contributed by atoms with van der Waals surface area (Å²) >= 11 is 0. The Morgan fingerprint density at radius 1 is 1.25 bits per heavy atom. The van der Waals surface area contributed by atoms with Gasteiger partial charge in [-0.05, 0) is 43.2 Å². The quantitative estimate of drug-likeness (QED) is 0.889. The molecule has 2 amide bonds. The predicted molar refractivity (Wildman–Crippen MR) is 89.5 cm³/mol. The number of nitrogens with zero attached hydrogens (tertiary/aromatic N) is 1. The Kier molecular flexibility index (Phi) is 4.07. The molecule has 0 fully saturated rings. The lowest BCUT2D eigenvalue weighted by Gasteiger charge is -2.26. The molecule has 2 aromatic rings. The Hall–Kier alpha value is -2.73. The van der Waals surface area contributed by atoms with Crippen molar-refractivity contribution >= 4 is 17.5 Å². The fourth-order valence-electron chi connectivity index (χ4n) is 2.81. The SMILES string of the molecule is CC1C(=O)N(NC(=O)[C@H](C)N)c2ccc(F)cc2-c2ccccc21. The summed E-state index contributed by atoms with van der Waals surface area (Å²) in [5, 5.41) is 1.17. The second-order valence-corrected chi connectivity index (χ2v) is 5.91. The molecule has 2 atom stereocenters. The topological polar surface area (TPSA) is 75.4 Å². The molecule has 5 nitrogen and oxygen atoms in total. The van der Waals surface area contributed by atoms with Crippen LogP contribution in [0.3, 0.4) is 0 Å². The number of carbonyl (C=O) groups excluding carboxylic acids is 2. The maximum absolute atomic E-state index is 13.8. The van der Waals surface area contributed by atoms with Crippen LogP contribution in [-0.2, 0) is 9.59 Å². The number of fused-ring (bicyclic) bond motifs is 3. The van der Waals surface area contributed by atoms with Gasteiger partial charge in [-0.1, -0.05) is 24.3 Å². The monoisotopic (exact) mass is 327 g/mol. The van der Waals surface area contributed by atoms with Crippen LogP contribution in [0.2, 0.25) is 0 Å². The van der Waals surface area contributed by atoms with Crippen LogP contribution < -0.4 is 16.2 Å². The molecule has 0 saturated heterocycles. The molecule has 1 aliphatic heterocycles. The zero-order valence-electron chi connectivity index (χ0n) is 13.4. The molecular weight excluding hydrogens is 309 g/mol. The summed E-state index contributed by atoms with van der Waals surface area (Å²) in [5.41, 5.74) is 10.7. The first kappa shape index (κ1) is 16.1. The number of nitrogens with one attached hydrogen (secondary N) is 1. The number of anilines is 1. The molecule has 3 N–H and O–H groups in total. The maximum atomic E-state index is 13.8. The van der Waals surface area contributed by atoms with Gasteiger partial charge in [-0.25, -0.2) is 9.40 Å². The highest BCUT2D eigenvalue weighted by Gasteiger charge is 2.32. The Balaban J connectivity index is 2.21. The number of hydrogen-bond donors (Lipinski definition) is 2. The van der Waals surface area contributed by atoms with E-state index in [0.29, 0.717) is 11.3 Å². The molecule has 0 aromatic heterocycles. The van der Waals surface area contributed by atoms with E-state index >= 15 is 0 Å². The van der Waals surface area contributed by atoms with Crippen LogP contribution in [0.1, 0.15) is 25.3 Å². The van der Waals surface area contributed by atoms with Crippen molar-refractivity contribution in [3.63, 3.8) is 0 Å². The summed E-state index contributed by atoms with van der Waals surface area (Å²) in [6.07, 6.45) is 0. The van der Waals surface area contributed by atoms with Gasteiger partial charge in [-0.15, -0.1) is 0 Å². The van der Waals surface area contributed by atoms with Crippen molar-refractivity contribution in [2.75, 3.05) is 5.01 Å². The van der Waals surface area contributed by atoms with E-state index in [4.69, 9.17) is 5.73 Å². The van der Waals surface area contributed by atoms with Gasteiger partial charge in [0.05, 0.1) is 17.6 Å². The number of rotatable bonds is 2. The van der Waals surface area contributed by atoms with E-state index < -0.39 is 23.7 Å². The molecule has 24 heavy (non-hydrogen) atoms. The van der Waals surface area contributed by atoms with Gasteiger partial charge in [0, 0.05) is 5.56 Å². The largest absolute Gasteiger partial charge is 0.320 e. The number of benzene rings is 2. The molecule has 1 aliphatic rings.